The molecule has 2 aliphatic rings. The summed E-state index contributed by atoms with van der Waals surface area (Å²) < 4.78 is 0. The monoisotopic (exact) mass is 668 g/mol. The van der Waals surface area contributed by atoms with E-state index in [2.05, 4.69) is 162 Å². The van der Waals surface area contributed by atoms with Gasteiger partial charge < -0.3 is 0 Å². The van der Waals surface area contributed by atoms with Crippen LogP contribution in [0.15, 0.2) is 124 Å². The molecular weight excluding hydrogens is 637 g/mol. The summed E-state index contributed by atoms with van der Waals surface area (Å²) in [4.78, 5) is 4.75. The number of thioether (sulfide) groups is 1. The van der Waals surface area contributed by atoms with E-state index >= 15 is 0 Å². The van der Waals surface area contributed by atoms with E-state index in [1.54, 1.807) is 34.0 Å². The van der Waals surface area contributed by atoms with Crippen LogP contribution >= 0.6 is 45.8 Å². The van der Waals surface area contributed by atoms with E-state index < -0.39 is 0 Å². The molecule has 3 aromatic heterocycles. The molecule has 1 unspecified atom stereocenters. The topological polar surface area (TPSA) is 6.48 Å². The number of allylic oxidation sites excluding steroid dienone is 1. The first-order chi connectivity index (χ1) is 22.5. The Hall–Kier alpha value is -3.99. The molecule has 8 rings (SSSR count). The molecule has 1 aliphatic heterocycles. The molecule has 6 aromatic rings. The number of nitrogens with zero attached hydrogens (tertiary/aromatic N) is 2. The van der Waals surface area contributed by atoms with Crippen LogP contribution in [0.4, 0.5) is 26.4 Å². The van der Waals surface area contributed by atoms with Crippen molar-refractivity contribution in [2.75, 3.05) is 15.6 Å². The van der Waals surface area contributed by atoms with E-state index in [1.165, 1.54) is 48.0 Å². The first-order valence-electron chi connectivity index (χ1n) is 15.4. The summed E-state index contributed by atoms with van der Waals surface area (Å²) in [6.45, 7) is 7.01. The van der Waals surface area contributed by atoms with Gasteiger partial charge in [-0.05, 0) is 135 Å². The van der Waals surface area contributed by atoms with Crippen LogP contribution in [0.25, 0.3) is 11.1 Å². The second kappa shape index (κ2) is 12.0. The van der Waals surface area contributed by atoms with E-state index in [9.17, 15) is 0 Å². The van der Waals surface area contributed by atoms with Gasteiger partial charge in [0, 0.05) is 33.7 Å². The van der Waals surface area contributed by atoms with Crippen LogP contribution < -0.4 is 9.80 Å². The van der Waals surface area contributed by atoms with Gasteiger partial charge in [-0.15, -0.1) is 45.8 Å². The van der Waals surface area contributed by atoms with Crippen molar-refractivity contribution in [1.29, 1.82) is 0 Å². The maximum Gasteiger partial charge on any atom is 0.101 e. The van der Waals surface area contributed by atoms with Gasteiger partial charge in [0.1, 0.15) is 15.0 Å². The van der Waals surface area contributed by atoms with Crippen molar-refractivity contribution in [3.63, 3.8) is 0 Å². The highest BCUT2D eigenvalue weighted by molar-refractivity contribution is 8.03. The molecule has 0 bridgehead atoms. The molecule has 226 valence electrons. The van der Waals surface area contributed by atoms with Gasteiger partial charge in [0.2, 0.25) is 0 Å². The molecule has 46 heavy (non-hydrogen) atoms. The fraction of sp³-hybridized carbons (Fsp3) is 0.150. The minimum Gasteiger partial charge on any atom is -0.296 e. The van der Waals surface area contributed by atoms with Crippen molar-refractivity contribution < 1.29 is 0 Å². The predicted molar refractivity (Wildman–Crippen MR) is 203 cm³/mol. The molecule has 4 heterocycles. The first-order valence-corrected chi connectivity index (χ1v) is 19.0. The van der Waals surface area contributed by atoms with Gasteiger partial charge >= 0.3 is 0 Å². The Morgan fingerprint density at radius 3 is 1.76 bits per heavy atom. The fourth-order valence-corrected chi connectivity index (χ4v) is 9.99. The third-order valence-corrected chi connectivity index (χ3v) is 12.6. The van der Waals surface area contributed by atoms with Crippen molar-refractivity contribution in [2.24, 2.45) is 5.92 Å². The predicted octanol–water partition coefficient (Wildman–Crippen LogP) is 12.4. The minimum absolute atomic E-state index is 0.126. The Labute approximate surface area is 287 Å². The van der Waals surface area contributed by atoms with E-state index in [4.69, 9.17) is 0 Å². The van der Waals surface area contributed by atoms with Crippen LogP contribution in [-0.2, 0) is 5.41 Å². The van der Waals surface area contributed by atoms with Crippen LogP contribution in [0, 0.1) is 17.8 Å². The molecule has 0 radical (unpaired) electrons. The smallest absolute Gasteiger partial charge is 0.101 e. The average Bonchev–Trinajstić information content (AvgIpc) is 3.92. The average molecular weight is 669 g/mol. The van der Waals surface area contributed by atoms with E-state index in [1.807, 2.05) is 11.8 Å². The molecular formula is C40H32N2S4. The lowest BCUT2D eigenvalue weighted by Crippen LogP contribution is -2.17. The molecule has 0 spiro atoms. The Morgan fingerprint density at radius 2 is 1.17 bits per heavy atom. The summed E-state index contributed by atoms with van der Waals surface area (Å²) in [6, 6.07) is 35.3. The van der Waals surface area contributed by atoms with Gasteiger partial charge in [-0.25, -0.2) is 0 Å². The van der Waals surface area contributed by atoms with Crippen LogP contribution in [-0.4, -0.2) is 5.75 Å². The fourth-order valence-electron chi connectivity index (χ4n) is 6.39. The van der Waals surface area contributed by atoms with Gasteiger partial charge in [0.25, 0.3) is 0 Å². The van der Waals surface area contributed by atoms with Crippen molar-refractivity contribution in [2.45, 2.75) is 26.2 Å². The van der Waals surface area contributed by atoms with Crippen molar-refractivity contribution in [3.05, 3.63) is 147 Å². The Kier molecular flexibility index (Phi) is 7.66. The molecule has 2 nitrogen and oxygen atoms in total. The lowest BCUT2D eigenvalue weighted by Gasteiger charge is -2.27. The SMILES string of the molecule is CC1C=C(N(c2ccc3c(c2)C(C)(C)c2cc(C#Cc4ccc(N(c5cccs5)c5cccs5)cc4)ccc2-3)c2cccs2)SC1. The van der Waals surface area contributed by atoms with Crippen molar-refractivity contribution in [3.8, 4) is 23.0 Å². The highest BCUT2D eigenvalue weighted by atomic mass is 32.2. The minimum atomic E-state index is -0.126. The summed E-state index contributed by atoms with van der Waals surface area (Å²) in [6.07, 6.45) is 2.42. The third kappa shape index (κ3) is 5.32. The van der Waals surface area contributed by atoms with Crippen molar-refractivity contribution >= 4 is 72.2 Å². The molecule has 0 amide bonds. The number of fused-ring (bicyclic) bond motifs is 3. The summed E-state index contributed by atoms with van der Waals surface area (Å²) in [5.74, 6) is 8.63. The Balaban J connectivity index is 1.08. The summed E-state index contributed by atoms with van der Waals surface area (Å²) in [5, 5.41) is 11.4. The van der Waals surface area contributed by atoms with E-state index in [-0.39, 0.29) is 5.41 Å². The molecule has 1 aliphatic carbocycles. The standard InChI is InChI=1S/C40H32N2S4/c1-27-23-39(46-26-27)42(38-9-6-22-45-38)31-17-19-33-32-18-14-29(24-34(32)40(2,3)35(33)25-31)11-10-28-12-15-30(16-13-28)41(36-7-4-20-43-36)37-8-5-21-44-37/h4-9,12-25,27H,26H2,1-3H3. The zero-order valence-electron chi connectivity index (χ0n) is 25.9. The van der Waals surface area contributed by atoms with Crippen LogP contribution in [0.1, 0.15) is 43.0 Å². The molecule has 1 atom stereocenters. The van der Waals surface area contributed by atoms with Gasteiger partial charge in [0.05, 0.1) is 5.03 Å². The highest BCUT2D eigenvalue weighted by Crippen LogP contribution is 2.51. The molecule has 0 saturated carbocycles. The summed E-state index contributed by atoms with van der Waals surface area (Å²) >= 11 is 7.25. The van der Waals surface area contributed by atoms with Crippen LogP contribution in [0.2, 0.25) is 0 Å². The maximum atomic E-state index is 3.47. The number of benzene rings is 3. The summed E-state index contributed by atoms with van der Waals surface area (Å²) in [5.41, 5.74) is 9.66. The maximum absolute atomic E-state index is 3.47. The molecule has 3 aromatic carbocycles. The lowest BCUT2D eigenvalue weighted by atomic mass is 9.82. The van der Waals surface area contributed by atoms with Crippen molar-refractivity contribution in [1.82, 2.24) is 0 Å². The van der Waals surface area contributed by atoms with Gasteiger partial charge in [-0.2, -0.15) is 0 Å². The van der Waals surface area contributed by atoms with Gasteiger partial charge in [0.15, 0.2) is 0 Å². The van der Waals surface area contributed by atoms with E-state index in [0.29, 0.717) is 5.92 Å². The summed E-state index contributed by atoms with van der Waals surface area (Å²) in [7, 11) is 0. The highest BCUT2D eigenvalue weighted by Gasteiger charge is 2.36. The quantitative estimate of drug-likeness (QED) is 0.163. The molecule has 0 N–H and O–H groups in total. The number of thiophene rings is 3. The Bertz CT molecular complexity index is 2060. The zero-order chi connectivity index (χ0) is 31.3. The van der Waals surface area contributed by atoms with Crippen LogP contribution in [0.5, 0.6) is 0 Å². The van der Waals surface area contributed by atoms with Crippen LogP contribution in [0.3, 0.4) is 0 Å². The first kappa shape index (κ1) is 29.4. The van der Waals surface area contributed by atoms with Gasteiger partial charge in [-0.3, -0.25) is 9.80 Å². The lowest BCUT2D eigenvalue weighted by molar-refractivity contribution is 0.660. The van der Waals surface area contributed by atoms with Gasteiger partial charge in [-0.1, -0.05) is 44.7 Å². The Morgan fingerprint density at radius 1 is 0.630 bits per heavy atom. The number of rotatable bonds is 6. The van der Waals surface area contributed by atoms with E-state index in [0.717, 1.165) is 22.6 Å². The zero-order valence-corrected chi connectivity index (χ0v) is 29.1. The molecule has 6 heteroatoms. The second-order valence-electron chi connectivity index (χ2n) is 12.2. The number of hydrogen-bond donors (Lipinski definition) is 0. The number of hydrogen-bond acceptors (Lipinski definition) is 6. The molecule has 0 saturated heterocycles. The second-order valence-corrected chi connectivity index (χ2v) is 16.0. The molecule has 0 fully saturated rings. The third-order valence-electron chi connectivity index (χ3n) is 8.72. The normalized spacial score (nSPS) is 15.9. The largest absolute Gasteiger partial charge is 0.296 e. The number of anilines is 5.